The Balaban J connectivity index is 3.03. The Morgan fingerprint density at radius 1 is 0.905 bits per heavy atom. The summed E-state index contributed by atoms with van der Waals surface area (Å²) < 4.78 is 89.8. The van der Waals surface area contributed by atoms with Gasteiger partial charge in [-0.05, 0) is 0 Å². The molecule has 4 nitrogen and oxygen atoms in total. The van der Waals surface area contributed by atoms with Crippen molar-refractivity contribution < 1.29 is 30.4 Å². The molecule has 1 aromatic rings. The van der Waals surface area contributed by atoms with Crippen LogP contribution in [0.5, 0.6) is 0 Å². The highest BCUT2D eigenvalue weighted by atomic mass is 32.2. The number of hydrogen-bond acceptors (Lipinski definition) is 3. The largest absolute Gasteiger partial charge is 0.313 e. The molecule has 0 spiro atoms. The van der Waals surface area contributed by atoms with E-state index in [2.05, 4.69) is 5.32 Å². The molecule has 0 radical (unpaired) electrons. The Kier molecular flexibility index (Phi) is 5.51. The first-order valence-corrected chi connectivity index (χ1v) is 7.47. The number of halogens is 5. The van der Waals surface area contributed by atoms with Crippen molar-refractivity contribution in [1.82, 2.24) is 5.32 Å². The van der Waals surface area contributed by atoms with Crippen molar-refractivity contribution >= 4 is 15.7 Å². The van der Waals surface area contributed by atoms with E-state index >= 15 is 0 Å². The minimum Gasteiger partial charge on any atom is -0.313 e. The lowest BCUT2D eigenvalue weighted by Crippen LogP contribution is -2.31. The third-order valence-corrected chi connectivity index (χ3v) is 3.65. The molecule has 0 aliphatic rings. The SMILES string of the molecule is CC(C)NCCS(=O)(=O)Nc1c(F)c(F)c(F)c(F)c1F. The molecule has 0 unspecified atom stereocenters. The summed E-state index contributed by atoms with van der Waals surface area (Å²) in [6, 6.07) is -0.0330. The summed E-state index contributed by atoms with van der Waals surface area (Å²) in [5, 5.41) is 2.73. The van der Waals surface area contributed by atoms with Crippen LogP contribution in [-0.2, 0) is 10.0 Å². The molecular formula is C11H13F5N2O2S. The van der Waals surface area contributed by atoms with E-state index in [-0.39, 0.29) is 12.6 Å². The normalized spacial score (nSPS) is 12.0. The van der Waals surface area contributed by atoms with Gasteiger partial charge in [-0.2, -0.15) is 0 Å². The van der Waals surface area contributed by atoms with Crippen LogP contribution in [0.25, 0.3) is 0 Å². The van der Waals surface area contributed by atoms with Crippen LogP contribution in [0.4, 0.5) is 27.6 Å². The van der Waals surface area contributed by atoms with Gasteiger partial charge < -0.3 is 5.32 Å². The molecule has 0 atom stereocenters. The van der Waals surface area contributed by atoms with Gasteiger partial charge in [0.1, 0.15) is 5.69 Å². The van der Waals surface area contributed by atoms with E-state index in [1.54, 1.807) is 13.8 Å². The minimum atomic E-state index is -4.27. The number of nitrogens with one attached hydrogen (secondary N) is 2. The first-order valence-electron chi connectivity index (χ1n) is 5.82. The second-order valence-corrected chi connectivity index (χ2v) is 6.32. The summed E-state index contributed by atoms with van der Waals surface area (Å²) >= 11 is 0. The summed E-state index contributed by atoms with van der Waals surface area (Å²) in [6.07, 6.45) is 0. The maximum atomic E-state index is 13.3. The predicted octanol–water partition coefficient (Wildman–Crippen LogP) is 2.12. The van der Waals surface area contributed by atoms with Crippen LogP contribution >= 0.6 is 0 Å². The third-order valence-electron chi connectivity index (χ3n) is 2.39. The summed E-state index contributed by atoms with van der Waals surface area (Å²) in [4.78, 5) is 0. The summed E-state index contributed by atoms with van der Waals surface area (Å²) in [6.45, 7) is 3.43. The van der Waals surface area contributed by atoms with Crippen molar-refractivity contribution in [2.45, 2.75) is 19.9 Å². The quantitative estimate of drug-likeness (QED) is 0.477. The Morgan fingerprint density at radius 3 is 1.76 bits per heavy atom. The second-order valence-electron chi connectivity index (χ2n) is 4.47. The van der Waals surface area contributed by atoms with Crippen molar-refractivity contribution in [2.75, 3.05) is 17.0 Å². The fraction of sp³-hybridized carbons (Fsp3) is 0.455. The molecule has 1 aromatic carbocycles. The molecule has 0 saturated heterocycles. The standard InChI is InChI=1S/C11H13F5N2O2S/c1-5(2)17-3-4-21(19,20)18-11-9(15)7(13)6(12)8(14)10(11)16/h5,17-18H,3-4H2,1-2H3. The van der Waals surface area contributed by atoms with Crippen LogP contribution in [0.2, 0.25) is 0 Å². The van der Waals surface area contributed by atoms with E-state index in [0.717, 1.165) is 0 Å². The highest BCUT2D eigenvalue weighted by Crippen LogP contribution is 2.27. The van der Waals surface area contributed by atoms with Crippen molar-refractivity contribution in [1.29, 1.82) is 0 Å². The third kappa shape index (κ3) is 4.27. The molecule has 10 heteroatoms. The Morgan fingerprint density at radius 2 is 1.33 bits per heavy atom. The predicted molar refractivity (Wildman–Crippen MR) is 66.8 cm³/mol. The van der Waals surface area contributed by atoms with Crippen molar-refractivity contribution in [3.63, 3.8) is 0 Å². The summed E-state index contributed by atoms with van der Waals surface area (Å²) in [5.74, 6) is -11.8. The molecule has 0 amide bonds. The van der Waals surface area contributed by atoms with Crippen LogP contribution < -0.4 is 10.0 Å². The van der Waals surface area contributed by atoms with Crippen molar-refractivity contribution in [3.8, 4) is 0 Å². The maximum absolute atomic E-state index is 13.3. The van der Waals surface area contributed by atoms with Gasteiger partial charge in [-0.3, -0.25) is 4.72 Å². The molecule has 2 N–H and O–H groups in total. The molecular weight excluding hydrogens is 319 g/mol. The average Bonchev–Trinajstić information content (AvgIpc) is 2.38. The first-order chi connectivity index (χ1) is 9.57. The lowest BCUT2D eigenvalue weighted by Gasteiger charge is -2.12. The van der Waals surface area contributed by atoms with Gasteiger partial charge in [0.15, 0.2) is 23.3 Å². The molecule has 21 heavy (non-hydrogen) atoms. The number of sulfonamides is 1. The Bertz CT molecular complexity index is 605. The average molecular weight is 332 g/mol. The van der Waals surface area contributed by atoms with Gasteiger partial charge >= 0.3 is 0 Å². The highest BCUT2D eigenvalue weighted by molar-refractivity contribution is 7.92. The molecule has 1 rings (SSSR count). The van der Waals surface area contributed by atoms with Gasteiger partial charge in [0.2, 0.25) is 15.8 Å². The van der Waals surface area contributed by atoms with Crippen LogP contribution in [0, 0.1) is 29.1 Å². The van der Waals surface area contributed by atoms with Crippen molar-refractivity contribution in [3.05, 3.63) is 29.1 Å². The zero-order valence-electron chi connectivity index (χ0n) is 11.1. The highest BCUT2D eigenvalue weighted by Gasteiger charge is 2.28. The molecule has 0 heterocycles. The molecule has 0 saturated carbocycles. The zero-order chi connectivity index (χ0) is 16.4. The first kappa shape index (κ1) is 17.6. The van der Waals surface area contributed by atoms with Gasteiger partial charge in [-0.1, -0.05) is 13.8 Å². The van der Waals surface area contributed by atoms with Crippen LogP contribution in [-0.4, -0.2) is 26.8 Å². The minimum absolute atomic E-state index is 0.0330. The fourth-order valence-corrected chi connectivity index (χ4v) is 2.36. The molecule has 120 valence electrons. The Hall–Kier alpha value is -1.42. The second kappa shape index (κ2) is 6.56. The lowest BCUT2D eigenvalue weighted by molar-refractivity contribution is 0.382. The van der Waals surface area contributed by atoms with Gasteiger partial charge in [-0.25, -0.2) is 30.4 Å². The molecule has 0 aromatic heterocycles. The van der Waals surface area contributed by atoms with E-state index in [0.29, 0.717) is 0 Å². The van der Waals surface area contributed by atoms with E-state index in [1.807, 2.05) is 0 Å². The monoisotopic (exact) mass is 332 g/mol. The van der Waals surface area contributed by atoms with Gasteiger partial charge in [0.25, 0.3) is 0 Å². The van der Waals surface area contributed by atoms with E-state index < -0.39 is 50.5 Å². The van der Waals surface area contributed by atoms with Crippen LogP contribution in [0.1, 0.15) is 13.8 Å². The molecule has 0 fully saturated rings. The number of hydrogen-bond donors (Lipinski definition) is 2. The number of anilines is 1. The summed E-state index contributed by atoms with van der Waals surface area (Å²) in [5.41, 5.74) is -1.59. The topological polar surface area (TPSA) is 58.2 Å². The van der Waals surface area contributed by atoms with E-state index in [1.165, 1.54) is 4.72 Å². The summed E-state index contributed by atoms with van der Waals surface area (Å²) in [7, 11) is -4.27. The van der Waals surface area contributed by atoms with Crippen LogP contribution in [0.3, 0.4) is 0 Å². The Labute approximate surface area is 118 Å². The van der Waals surface area contributed by atoms with E-state index in [9.17, 15) is 30.4 Å². The number of rotatable bonds is 6. The maximum Gasteiger partial charge on any atom is 0.234 e. The number of benzene rings is 1. The van der Waals surface area contributed by atoms with E-state index in [4.69, 9.17) is 0 Å². The fourth-order valence-electron chi connectivity index (χ4n) is 1.38. The smallest absolute Gasteiger partial charge is 0.234 e. The zero-order valence-corrected chi connectivity index (χ0v) is 11.9. The lowest BCUT2D eigenvalue weighted by atomic mass is 10.2. The van der Waals surface area contributed by atoms with Gasteiger partial charge in [-0.15, -0.1) is 0 Å². The molecule has 0 aliphatic carbocycles. The van der Waals surface area contributed by atoms with Gasteiger partial charge in [0.05, 0.1) is 5.75 Å². The van der Waals surface area contributed by atoms with Gasteiger partial charge in [0, 0.05) is 12.6 Å². The molecule has 0 aliphatic heterocycles. The molecule has 0 bridgehead atoms. The van der Waals surface area contributed by atoms with Crippen molar-refractivity contribution in [2.24, 2.45) is 0 Å². The van der Waals surface area contributed by atoms with Crippen LogP contribution in [0.15, 0.2) is 0 Å².